The summed E-state index contributed by atoms with van der Waals surface area (Å²) in [4.78, 5) is 0. The van der Waals surface area contributed by atoms with Crippen LogP contribution in [0, 0.1) is 0 Å². The SMILES string of the molecule is CCCCCCCCCCCC(c1ccc(N)cc1)c1ccc(Cc2ccc(Cc3ccc(C(CCCCCCCCCCC)c4ccc(N)cc4)cc3)cc2)cc1. The van der Waals surface area contributed by atoms with Crippen LogP contribution in [-0.4, -0.2) is 0 Å². The molecule has 5 aromatic carbocycles. The van der Waals surface area contributed by atoms with E-state index in [1.165, 1.54) is 173 Å². The third kappa shape index (κ3) is 15.8. The topological polar surface area (TPSA) is 52.0 Å². The summed E-state index contributed by atoms with van der Waals surface area (Å²) in [5.41, 5.74) is 24.9. The number of nitrogen functional groups attached to an aromatic ring is 2. The smallest absolute Gasteiger partial charge is 0.0314 e. The second-order valence-corrected chi connectivity index (χ2v) is 17.3. The second-order valence-electron chi connectivity index (χ2n) is 17.3. The monoisotopic (exact) mass is 777 g/mol. The Morgan fingerprint density at radius 2 is 0.517 bits per heavy atom. The third-order valence-electron chi connectivity index (χ3n) is 12.5. The average Bonchev–Trinajstić information content (AvgIpc) is 3.25. The summed E-state index contributed by atoms with van der Waals surface area (Å²) in [7, 11) is 0. The molecule has 0 aliphatic heterocycles. The van der Waals surface area contributed by atoms with Crippen molar-refractivity contribution >= 4 is 11.4 Å². The maximum absolute atomic E-state index is 6.07. The molecule has 0 aliphatic rings. The zero-order valence-corrected chi connectivity index (χ0v) is 36.4. The summed E-state index contributed by atoms with van der Waals surface area (Å²) in [5, 5.41) is 0. The highest BCUT2D eigenvalue weighted by molar-refractivity contribution is 5.45. The largest absolute Gasteiger partial charge is 0.399 e. The van der Waals surface area contributed by atoms with E-state index in [-0.39, 0.29) is 0 Å². The molecular formula is C56H76N2. The van der Waals surface area contributed by atoms with E-state index in [1.54, 1.807) is 0 Å². The Bertz CT molecular complexity index is 1650. The molecule has 0 fully saturated rings. The van der Waals surface area contributed by atoms with Gasteiger partial charge in [-0.05, 0) is 94.5 Å². The van der Waals surface area contributed by atoms with E-state index in [1.807, 2.05) is 0 Å². The Kier molecular flexibility index (Phi) is 20.0. The normalized spacial score (nSPS) is 12.4. The summed E-state index contributed by atoms with van der Waals surface area (Å²) >= 11 is 0. The van der Waals surface area contributed by atoms with Crippen molar-refractivity contribution in [2.45, 2.75) is 167 Å². The maximum Gasteiger partial charge on any atom is 0.0314 e. The van der Waals surface area contributed by atoms with Gasteiger partial charge in [-0.25, -0.2) is 0 Å². The van der Waals surface area contributed by atoms with Gasteiger partial charge in [-0.15, -0.1) is 0 Å². The lowest BCUT2D eigenvalue weighted by Crippen LogP contribution is -2.03. The highest BCUT2D eigenvalue weighted by atomic mass is 14.5. The molecule has 0 saturated heterocycles. The highest BCUT2D eigenvalue weighted by Crippen LogP contribution is 2.33. The zero-order chi connectivity index (χ0) is 40.6. The summed E-state index contributed by atoms with van der Waals surface area (Å²) in [6.45, 7) is 4.59. The van der Waals surface area contributed by atoms with Gasteiger partial charge in [-0.1, -0.05) is 226 Å². The lowest BCUT2D eigenvalue weighted by molar-refractivity contribution is 0.545. The standard InChI is InChI=1S/C56H76N2/c1-3-5-7-9-11-13-15-17-19-21-55(51-35-39-53(57)40-36-51)49-31-27-47(28-32-49)43-45-23-25-46(26-24-45)44-48-29-33-50(34-30-48)56(52-37-41-54(58)42-38-52)22-20-18-16-14-12-10-8-6-4-2/h23-42,55-56H,3-22,43-44,57-58H2,1-2H3. The van der Waals surface area contributed by atoms with Gasteiger partial charge in [0.25, 0.3) is 0 Å². The molecule has 4 N–H and O–H groups in total. The van der Waals surface area contributed by atoms with E-state index >= 15 is 0 Å². The van der Waals surface area contributed by atoms with Crippen LogP contribution in [0.25, 0.3) is 0 Å². The van der Waals surface area contributed by atoms with Crippen LogP contribution in [0.3, 0.4) is 0 Å². The fraction of sp³-hybridized carbons (Fsp3) is 0.464. The predicted octanol–water partition coefficient (Wildman–Crippen LogP) is 16.1. The molecule has 0 aliphatic carbocycles. The molecule has 0 heterocycles. The van der Waals surface area contributed by atoms with E-state index in [0.29, 0.717) is 11.8 Å². The molecule has 58 heavy (non-hydrogen) atoms. The molecule has 0 amide bonds. The molecule has 0 radical (unpaired) electrons. The number of anilines is 2. The van der Waals surface area contributed by atoms with Crippen molar-refractivity contribution in [3.05, 3.63) is 166 Å². The Hall–Kier alpha value is -4.30. The van der Waals surface area contributed by atoms with E-state index in [0.717, 1.165) is 24.2 Å². The number of unbranched alkanes of at least 4 members (excludes halogenated alkanes) is 16. The number of nitrogens with two attached hydrogens (primary N) is 2. The molecule has 2 unspecified atom stereocenters. The molecular weight excluding hydrogens is 701 g/mol. The third-order valence-corrected chi connectivity index (χ3v) is 12.5. The molecule has 2 nitrogen and oxygen atoms in total. The minimum absolute atomic E-state index is 0.413. The number of rotatable bonds is 28. The zero-order valence-electron chi connectivity index (χ0n) is 36.4. The van der Waals surface area contributed by atoms with Crippen molar-refractivity contribution in [1.82, 2.24) is 0 Å². The minimum atomic E-state index is 0.413. The van der Waals surface area contributed by atoms with Crippen LogP contribution in [0.4, 0.5) is 11.4 Å². The van der Waals surface area contributed by atoms with Crippen molar-refractivity contribution < 1.29 is 0 Å². The van der Waals surface area contributed by atoms with Gasteiger partial charge in [0.05, 0.1) is 0 Å². The molecule has 2 heteroatoms. The Morgan fingerprint density at radius 3 is 0.793 bits per heavy atom. The number of hydrogen-bond acceptors (Lipinski definition) is 2. The first-order valence-electron chi connectivity index (χ1n) is 23.5. The Labute approximate surface area is 354 Å². The van der Waals surface area contributed by atoms with Gasteiger partial charge in [-0.2, -0.15) is 0 Å². The summed E-state index contributed by atoms with van der Waals surface area (Å²) in [6.07, 6.45) is 28.8. The van der Waals surface area contributed by atoms with Crippen LogP contribution >= 0.6 is 0 Å². The molecule has 0 spiro atoms. The Morgan fingerprint density at radius 1 is 0.293 bits per heavy atom. The van der Waals surface area contributed by atoms with Crippen LogP contribution in [0.15, 0.2) is 121 Å². The molecule has 2 atom stereocenters. The van der Waals surface area contributed by atoms with Gasteiger partial charge < -0.3 is 11.5 Å². The average molecular weight is 777 g/mol. The van der Waals surface area contributed by atoms with Crippen LogP contribution in [-0.2, 0) is 12.8 Å². The molecule has 0 aromatic heterocycles. The van der Waals surface area contributed by atoms with E-state index < -0.39 is 0 Å². The summed E-state index contributed by atoms with van der Waals surface area (Å²) in [5.74, 6) is 0.826. The molecule has 0 bridgehead atoms. The van der Waals surface area contributed by atoms with Gasteiger partial charge in [0.2, 0.25) is 0 Å². The second kappa shape index (κ2) is 25.9. The van der Waals surface area contributed by atoms with Crippen molar-refractivity contribution in [3.8, 4) is 0 Å². The van der Waals surface area contributed by atoms with Crippen LogP contribution < -0.4 is 11.5 Å². The van der Waals surface area contributed by atoms with Crippen LogP contribution in [0.5, 0.6) is 0 Å². The highest BCUT2D eigenvalue weighted by Gasteiger charge is 2.16. The first-order valence-corrected chi connectivity index (χ1v) is 23.5. The lowest BCUT2D eigenvalue weighted by atomic mass is 9.85. The number of hydrogen-bond donors (Lipinski definition) is 2. The fourth-order valence-corrected chi connectivity index (χ4v) is 8.81. The van der Waals surface area contributed by atoms with Crippen molar-refractivity contribution in [3.63, 3.8) is 0 Å². The molecule has 310 valence electrons. The predicted molar refractivity (Wildman–Crippen MR) is 254 cm³/mol. The molecule has 0 saturated carbocycles. The molecule has 5 aromatic rings. The van der Waals surface area contributed by atoms with E-state index in [4.69, 9.17) is 11.5 Å². The van der Waals surface area contributed by atoms with E-state index in [9.17, 15) is 0 Å². The van der Waals surface area contributed by atoms with Crippen molar-refractivity contribution in [2.75, 3.05) is 11.5 Å². The summed E-state index contributed by atoms with van der Waals surface area (Å²) < 4.78 is 0. The minimum Gasteiger partial charge on any atom is -0.399 e. The van der Waals surface area contributed by atoms with E-state index in [2.05, 4.69) is 135 Å². The quantitative estimate of drug-likeness (QED) is 0.0393. The summed E-state index contributed by atoms with van der Waals surface area (Å²) in [6, 6.07) is 45.3. The van der Waals surface area contributed by atoms with Crippen LogP contribution in [0.2, 0.25) is 0 Å². The van der Waals surface area contributed by atoms with Crippen LogP contribution in [0.1, 0.15) is 199 Å². The number of benzene rings is 5. The van der Waals surface area contributed by atoms with Crippen molar-refractivity contribution in [2.24, 2.45) is 0 Å². The molecule has 5 rings (SSSR count). The van der Waals surface area contributed by atoms with Gasteiger partial charge in [0.1, 0.15) is 0 Å². The van der Waals surface area contributed by atoms with Gasteiger partial charge in [0, 0.05) is 23.2 Å². The van der Waals surface area contributed by atoms with Gasteiger partial charge in [-0.3, -0.25) is 0 Å². The lowest BCUT2D eigenvalue weighted by Gasteiger charge is -2.19. The fourth-order valence-electron chi connectivity index (χ4n) is 8.81. The Balaban J connectivity index is 1.12. The van der Waals surface area contributed by atoms with Crippen molar-refractivity contribution in [1.29, 1.82) is 0 Å². The van der Waals surface area contributed by atoms with Gasteiger partial charge in [0.15, 0.2) is 0 Å². The first kappa shape index (κ1) is 44.8. The van der Waals surface area contributed by atoms with Gasteiger partial charge >= 0.3 is 0 Å². The first-order chi connectivity index (χ1) is 28.5. The maximum atomic E-state index is 6.07.